The van der Waals surface area contributed by atoms with Crippen molar-refractivity contribution in [1.29, 1.82) is 0 Å². The van der Waals surface area contributed by atoms with E-state index >= 15 is 0 Å². The minimum Gasteiger partial charge on any atom is -0.392 e. The average molecular weight is 283 g/mol. The Kier molecular flexibility index (Phi) is 5.54. The van der Waals surface area contributed by atoms with Crippen LogP contribution in [0.5, 0.6) is 0 Å². The van der Waals surface area contributed by atoms with Crippen LogP contribution in [0.15, 0.2) is 48.5 Å². The van der Waals surface area contributed by atoms with Crippen LogP contribution in [-0.4, -0.2) is 24.8 Å². The van der Waals surface area contributed by atoms with Crippen molar-refractivity contribution in [1.82, 2.24) is 5.32 Å². The van der Waals surface area contributed by atoms with E-state index < -0.39 is 0 Å². The van der Waals surface area contributed by atoms with Gasteiger partial charge in [-0.05, 0) is 45.0 Å². The molecule has 2 nitrogen and oxygen atoms in total. The second-order valence-electron chi connectivity index (χ2n) is 5.76. The molecule has 2 rings (SSSR count). The SMILES string of the molecule is CNCCC(O)C(c1ccc(C)cc1)c1ccc(C)cc1. The molecule has 2 aromatic carbocycles. The van der Waals surface area contributed by atoms with Crippen LogP contribution < -0.4 is 5.32 Å². The Morgan fingerprint density at radius 3 is 1.67 bits per heavy atom. The third-order valence-electron chi connectivity index (χ3n) is 3.95. The van der Waals surface area contributed by atoms with Gasteiger partial charge < -0.3 is 10.4 Å². The summed E-state index contributed by atoms with van der Waals surface area (Å²) in [5, 5.41) is 13.8. The third-order valence-corrected chi connectivity index (χ3v) is 3.95. The first kappa shape index (κ1) is 15.7. The fraction of sp³-hybridized carbons (Fsp3) is 0.368. The number of nitrogens with one attached hydrogen (secondary N) is 1. The zero-order chi connectivity index (χ0) is 15.2. The second-order valence-corrected chi connectivity index (χ2v) is 5.76. The molecule has 0 saturated carbocycles. The quantitative estimate of drug-likeness (QED) is 0.851. The van der Waals surface area contributed by atoms with Gasteiger partial charge in [-0.1, -0.05) is 59.7 Å². The lowest BCUT2D eigenvalue weighted by Crippen LogP contribution is -2.24. The summed E-state index contributed by atoms with van der Waals surface area (Å²) in [6.45, 7) is 4.99. The third kappa shape index (κ3) is 4.16. The lowest BCUT2D eigenvalue weighted by atomic mass is 9.84. The lowest BCUT2D eigenvalue weighted by Gasteiger charge is -2.24. The molecule has 1 unspecified atom stereocenters. The van der Waals surface area contributed by atoms with Gasteiger partial charge in [-0.25, -0.2) is 0 Å². The van der Waals surface area contributed by atoms with Gasteiger partial charge in [0.05, 0.1) is 6.10 Å². The molecular weight excluding hydrogens is 258 g/mol. The van der Waals surface area contributed by atoms with Crippen molar-refractivity contribution in [2.45, 2.75) is 32.3 Å². The maximum atomic E-state index is 10.6. The van der Waals surface area contributed by atoms with Crippen LogP contribution >= 0.6 is 0 Å². The first-order chi connectivity index (χ1) is 10.1. The Morgan fingerprint density at radius 2 is 1.29 bits per heavy atom. The highest BCUT2D eigenvalue weighted by Crippen LogP contribution is 2.30. The molecule has 0 bridgehead atoms. The monoisotopic (exact) mass is 283 g/mol. The zero-order valence-electron chi connectivity index (χ0n) is 13.1. The average Bonchev–Trinajstić information content (AvgIpc) is 2.49. The molecule has 2 N–H and O–H groups in total. The topological polar surface area (TPSA) is 32.3 Å². The van der Waals surface area contributed by atoms with E-state index in [1.807, 2.05) is 7.05 Å². The summed E-state index contributed by atoms with van der Waals surface area (Å²) >= 11 is 0. The normalized spacial score (nSPS) is 12.6. The molecule has 112 valence electrons. The van der Waals surface area contributed by atoms with Crippen LogP contribution in [0.1, 0.15) is 34.6 Å². The molecule has 0 aliphatic heterocycles. The summed E-state index contributed by atoms with van der Waals surface area (Å²) in [5.74, 6) is 0.0274. The Bertz CT molecular complexity index is 499. The van der Waals surface area contributed by atoms with Gasteiger partial charge in [0.2, 0.25) is 0 Å². The van der Waals surface area contributed by atoms with E-state index in [4.69, 9.17) is 0 Å². The molecule has 21 heavy (non-hydrogen) atoms. The summed E-state index contributed by atoms with van der Waals surface area (Å²) in [4.78, 5) is 0. The number of benzene rings is 2. The highest BCUT2D eigenvalue weighted by molar-refractivity contribution is 5.36. The number of aliphatic hydroxyl groups excluding tert-OH is 1. The molecule has 0 aliphatic carbocycles. The molecule has 0 amide bonds. The minimum atomic E-state index is -0.386. The van der Waals surface area contributed by atoms with Gasteiger partial charge in [-0.15, -0.1) is 0 Å². The number of hydrogen-bond acceptors (Lipinski definition) is 2. The number of rotatable bonds is 6. The molecule has 2 heteroatoms. The van der Waals surface area contributed by atoms with Crippen molar-refractivity contribution in [3.8, 4) is 0 Å². The summed E-state index contributed by atoms with van der Waals surface area (Å²) < 4.78 is 0. The van der Waals surface area contributed by atoms with Crippen molar-refractivity contribution in [3.63, 3.8) is 0 Å². The van der Waals surface area contributed by atoms with Crippen molar-refractivity contribution in [2.24, 2.45) is 0 Å². The molecule has 0 radical (unpaired) electrons. The van der Waals surface area contributed by atoms with E-state index in [1.165, 1.54) is 22.3 Å². The van der Waals surface area contributed by atoms with Crippen molar-refractivity contribution < 1.29 is 5.11 Å². The predicted octanol–water partition coefficient (Wildman–Crippen LogP) is 3.41. The molecule has 0 spiro atoms. The van der Waals surface area contributed by atoms with E-state index in [2.05, 4.69) is 67.7 Å². The van der Waals surface area contributed by atoms with Gasteiger partial charge in [0.25, 0.3) is 0 Å². The molecule has 0 saturated heterocycles. The molecular formula is C19H25NO. The number of aryl methyl sites for hydroxylation is 2. The van der Waals surface area contributed by atoms with E-state index in [-0.39, 0.29) is 12.0 Å². The number of hydrogen-bond donors (Lipinski definition) is 2. The largest absolute Gasteiger partial charge is 0.392 e. The van der Waals surface area contributed by atoms with Gasteiger partial charge in [0.1, 0.15) is 0 Å². The van der Waals surface area contributed by atoms with E-state index in [0.717, 1.165) is 13.0 Å². The molecule has 0 fully saturated rings. The minimum absolute atomic E-state index is 0.0274. The van der Waals surface area contributed by atoms with Crippen LogP contribution in [0.4, 0.5) is 0 Å². The fourth-order valence-corrected chi connectivity index (χ4v) is 2.64. The second kappa shape index (κ2) is 7.39. The van der Waals surface area contributed by atoms with Gasteiger partial charge in [0.15, 0.2) is 0 Å². The summed E-state index contributed by atoms with van der Waals surface area (Å²) in [7, 11) is 1.92. The smallest absolute Gasteiger partial charge is 0.0661 e. The zero-order valence-corrected chi connectivity index (χ0v) is 13.1. The standard InChI is InChI=1S/C19H25NO/c1-14-4-8-16(9-5-14)19(18(21)12-13-20-3)17-10-6-15(2)7-11-17/h4-11,18-21H,12-13H2,1-3H3. The van der Waals surface area contributed by atoms with Crippen LogP contribution in [0.3, 0.4) is 0 Å². The molecule has 0 aromatic heterocycles. The molecule has 2 aromatic rings. The first-order valence-electron chi connectivity index (χ1n) is 7.57. The van der Waals surface area contributed by atoms with Crippen molar-refractivity contribution >= 4 is 0 Å². The van der Waals surface area contributed by atoms with Crippen LogP contribution in [0.25, 0.3) is 0 Å². The van der Waals surface area contributed by atoms with Crippen molar-refractivity contribution in [3.05, 3.63) is 70.8 Å². The summed E-state index contributed by atoms with van der Waals surface area (Å²) in [6.07, 6.45) is 0.353. The van der Waals surface area contributed by atoms with E-state index in [1.54, 1.807) is 0 Å². The predicted molar refractivity (Wildman–Crippen MR) is 88.8 cm³/mol. The fourth-order valence-electron chi connectivity index (χ4n) is 2.64. The van der Waals surface area contributed by atoms with Crippen molar-refractivity contribution in [2.75, 3.05) is 13.6 Å². The van der Waals surface area contributed by atoms with Gasteiger partial charge in [0, 0.05) is 5.92 Å². The first-order valence-corrected chi connectivity index (χ1v) is 7.57. The summed E-state index contributed by atoms with van der Waals surface area (Å²) in [6, 6.07) is 17.0. The summed E-state index contributed by atoms with van der Waals surface area (Å²) in [5.41, 5.74) is 4.83. The van der Waals surface area contributed by atoms with E-state index in [0.29, 0.717) is 0 Å². The van der Waals surface area contributed by atoms with E-state index in [9.17, 15) is 5.11 Å². The van der Waals surface area contributed by atoms with Crippen LogP contribution in [0.2, 0.25) is 0 Å². The Morgan fingerprint density at radius 1 is 0.857 bits per heavy atom. The van der Waals surface area contributed by atoms with Gasteiger partial charge >= 0.3 is 0 Å². The molecule has 1 atom stereocenters. The molecule has 0 aliphatic rings. The maximum Gasteiger partial charge on any atom is 0.0661 e. The highest BCUT2D eigenvalue weighted by atomic mass is 16.3. The number of aliphatic hydroxyl groups is 1. The van der Waals surface area contributed by atoms with Gasteiger partial charge in [-0.3, -0.25) is 0 Å². The van der Waals surface area contributed by atoms with Gasteiger partial charge in [-0.2, -0.15) is 0 Å². The Hall–Kier alpha value is -1.64. The Labute approximate surface area is 127 Å². The molecule has 0 heterocycles. The van der Waals surface area contributed by atoms with Crippen LogP contribution in [0, 0.1) is 13.8 Å². The lowest BCUT2D eigenvalue weighted by molar-refractivity contribution is 0.147. The Balaban J connectivity index is 2.33. The van der Waals surface area contributed by atoms with Crippen LogP contribution in [-0.2, 0) is 0 Å². The highest BCUT2D eigenvalue weighted by Gasteiger charge is 2.22. The maximum absolute atomic E-state index is 10.6.